The second-order valence-electron chi connectivity index (χ2n) is 4.75. The summed E-state index contributed by atoms with van der Waals surface area (Å²) in [6.45, 7) is 3.71. The van der Waals surface area contributed by atoms with Crippen molar-refractivity contribution in [3.63, 3.8) is 0 Å². The molecule has 22 heavy (non-hydrogen) atoms. The Labute approximate surface area is 129 Å². The summed E-state index contributed by atoms with van der Waals surface area (Å²) in [7, 11) is -3.73. The van der Waals surface area contributed by atoms with Crippen LogP contribution in [0.25, 0.3) is 0 Å². The fourth-order valence-corrected chi connectivity index (χ4v) is 3.60. The van der Waals surface area contributed by atoms with Crippen LogP contribution in [0.5, 0.6) is 0 Å². The zero-order valence-electron chi connectivity index (χ0n) is 12.5. The maximum absolute atomic E-state index is 12.3. The third kappa shape index (κ3) is 5.02. The van der Waals surface area contributed by atoms with E-state index < -0.39 is 14.9 Å². The van der Waals surface area contributed by atoms with E-state index in [0.29, 0.717) is 24.2 Å². The van der Waals surface area contributed by atoms with Crippen molar-refractivity contribution in [2.45, 2.75) is 25.2 Å². The molecule has 0 amide bonds. The Morgan fingerprint density at radius 1 is 1.27 bits per heavy atom. The van der Waals surface area contributed by atoms with Gasteiger partial charge in [-0.05, 0) is 31.4 Å². The molecule has 0 aromatic heterocycles. The van der Waals surface area contributed by atoms with Gasteiger partial charge >= 0.3 is 0 Å². The molecule has 1 aromatic rings. The van der Waals surface area contributed by atoms with Crippen molar-refractivity contribution in [1.82, 2.24) is 4.72 Å². The number of hydrogen-bond acceptors (Lipinski definition) is 6. The number of nitro benzene ring substituents is 1. The number of rotatable bonds is 9. The maximum atomic E-state index is 12.3. The second-order valence-corrected chi connectivity index (χ2v) is 6.46. The molecule has 0 aliphatic carbocycles. The normalized spacial score (nSPS) is 11.6. The van der Waals surface area contributed by atoms with Gasteiger partial charge in [0.05, 0.1) is 23.0 Å². The summed E-state index contributed by atoms with van der Waals surface area (Å²) < 4.78 is 32.0. The summed E-state index contributed by atoms with van der Waals surface area (Å²) in [5, 5.41) is 19.3. The molecule has 1 aromatic carbocycles. The van der Waals surface area contributed by atoms with Gasteiger partial charge in [-0.3, -0.25) is 10.1 Å². The Morgan fingerprint density at radius 2 is 1.86 bits per heavy atom. The van der Waals surface area contributed by atoms with Crippen LogP contribution in [0.3, 0.4) is 0 Å². The zero-order valence-corrected chi connectivity index (χ0v) is 13.4. The molecule has 0 unspecified atom stereocenters. The first kappa shape index (κ1) is 18.5. The van der Waals surface area contributed by atoms with Gasteiger partial charge in [-0.15, -0.1) is 0 Å². The molecule has 0 bridgehead atoms. The molecule has 9 heteroatoms. The van der Waals surface area contributed by atoms with Gasteiger partial charge in [0, 0.05) is 25.3 Å². The fraction of sp³-hybridized carbons (Fsp3) is 0.538. The van der Waals surface area contributed by atoms with Crippen molar-refractivity contribution in [1.29, 1.82) is 0 Å². The highest BCUT2D eigenvalue weighted by molar-refractivity contribution is 7.89. The topological polar surface area (TPSA) is 119 Å². The van der Waals surface area contributed by atoms with Crippen molar-refractivity contribution in [2.24, 2.45) is 0 Å². The van der Waals surface area contributed by atoms with Gasteiger partial charge in [0.25, 0.3) is 5.69 Å². The number of ether oxygens (including phenoxy) is 1. The Kier molecular flexibility index (Phi) is 6.88. The van der Waals surface area contributed by atoms with E-state index >= 15 is 0 Å². The van der Waals surface area contributed by atoms with Crippen molar-refractivity contribution in [2.75, 3.05) is 26.4 Å². The summed E-state index contributed by atoms with van der Waals surface area (Å²) in [5.41, 5.74) is 0.526. The highest BCUT2D eigenvalue weighted by atomic mass is 32.2. The van der Waals surface area contributed by atoms with E-state index in [4.69, 9.17) is 9.84 Å². The van der Waals surface area contributed by atoms with Gasteiger partial charge in [-0.25, -0.2) is 13.1 Å². The lowest BCUT2D eigenvalue weighted by atomic mass is 10.1. The van der Waals surface area contributed by atoms with Crippen LogP contribution in [-0.2, 0) is 14.8 Å². The Morgan fingerprint density at radius 3 is 2.36 bits per heavy atom. The first-order valence-corrected chi connectivity index (χ1v) is 8.22. The van der Waals surface area contributed by atoms with Crippen LogP contribution < -0.4 is 4.72 Å². The average molecular weight is 332 g/mol. The molecule has 0 aliphatic rings. The molecule has 0 heterocycles. The van der Waals surface area contributed by atoms with Crippen LogP contribution >= 0.6 is 0 Å². The number of sulfonamides is 1. The smallest absolute Gasteiger partial charge is 0.270 e. The van der Waals surface area contributed by atoms with E-state index in [9.17, 15) is 18.5 Å². The van der Waals surface area contributed by atoms with E-state index in [1.165, 1.54) is 26.0 Å². The Bertz CT molecular complexity index is 606. The van der Waals surface area contributed by atoms with Gasteiger partial charge in [0.15, 0.2) is 0 Å². The molecule has 0 atom stereocenters. The van der Waals surface area contributed by atoms with Crippen LogP contribution in [0.1, 0.15) is 17.5 Å². The van der Waals surface area contributed by atoms with Crippen molar-refractivity contribution in [3.05, 3.63) is 33.4 Å². The number of aliphatic hydroxyl groups excluding tert-OH is 1. The Balaban J connectivity index is 2.79. The number of benzene rings is 1. The Hall–Kier alpha value is -1.55. The number of aryl methyl sites for hydroxylation is 2. The van der Waals surface area contributed by atoms with Gasteiger partial charge in [-0.1, -0.05) is 0 Å². The lowest BCUT2D eigenvalue weighted by Gasteiger charge is -2.12. The lowest BCUT2D eigenvalue weighted by molar-refractivity contribution is -0.385. The molecule has 0 saturated heterocycles. The lowest BCUT2D eigenvalue weighted by Crippen LogP contribution is -2.27. The van der Waals surface area contributed by atoms with Crippen molar-refractivity contribution >= 4 is 15.7 Å². The average Bonchev–Trinajstić information content (AvgIpc) is 2.41. The summed E-state index contributed by atoms with van der Waals surface area (Å²) in [4.78, 5) is 10.3. The minimum atomic E-state index is -3.73. The summed E-state index contributed by atoms with van der Waals surface area (Å²) >= 11 is 0. The van der Waals surface area contributed by atoms with E-state index in [0.717, 1.165) is 0 Å². The van der Waals surface area contributed by atoms with Gasteiger partial charge in [-0.2, -0.15) is 0 Å². The molecule has 8 nitrogen and oxygen atoms in total. The van der Waals surface area contributed by atoms with Crippen LogP contribution in [-0.4, -0.2) is 44.8 Å². The molecule has 124 valence electrons. The SMILES string of the molecule is Cc1cc([N+](=O)[O-])cc(C)c1S(=O)(=O)NCCCOCCO. The van der Waals surface area contributed by atoms with Crippen LogP contribution in [0, 0.1) is 24.0 Å². The summed E-state index contributed by atoms with van der Waals surface area (Å²) in [6, 6.07) is 2.48. The van der Waals surface area contributed by atoms with E-state index in [2.05, 4.69) is 4.72 Å². The predicted octanol–water partition coefficient (Wildman–Crippen LogP) is 0.889. The molecule has 0 fully saturated rings. The number of nitro groups is 1. The minimum Gasteiger partial charge on any atom is -0.394 e. The third-order valence-electron chi connectivity index (χ3n) is 2.92. The molecule has 0 saturated carbocycles. The molecular weight excluding hydrogens is 312 g/mol. The zero-order chi connectivity index (χ0) is 16.8. The first-order valence-electron chi connectivity index (χ1n) is 6.73. The maximum Gasteiger partial charge on any atom is 0.270 e. The molecule has 0 radical (unpaired) electrons. The van der Waals surface area contributed by atoms with Crippen molar-refractivity contribution < 1.29 is 23.2 Å². The highest BCUT2D eigenvalue weighted by Gasteiger charge is 2.22. The van der Waals surface area contributed by atoms with Gasteiger partial charge < -0.3 is 9.84 Å². The van der Waals surface area contributed by atoms with E-state index in [1.54, 1.807) is 0 Å². The number of nitrogens with zero attached hydrogens (tertiary/aromatic N) is 1. The predicted molar refractivity (Wildman–Crippen MR) is 80.3 cm³/mol. The van der Waals surface area contributed by atoms with Crippen molar-refractivity contribution in [3.8, 4) is 0 Å². The minimum absolute atomic E-state index is 0.0642. The van der Waals surface area contributed by atoms with Crippen LogP contribution in [0.4, 0.5) is 5.69 Å². The number of non-ortho nitro benzene ring substituents is 1. The second kappa shape index (κ2) is 8.18. The summed E-state index contributed by atoms with van der Waals surface area (Å²) in [6.07, 6.45) is 0.463. The first-order chi connectivity index (χ1) is 10.3. The molecule has 1 rings (SSSR count). The number of nitrogens with one attached hydrogen (secondary N) is 1. The van der Waals surface area contributed by atoms with E-state index in [1.807, 2.05) is 0 Å². The highest BCUT2D eigenvalue weighted by Crippen LogP contribution is 2.25. The van der Waals surface area contributed by atoms with E-state index in [-0.39, 0.29) is 30.3 Å². The van der Waals surface area contributed by atoms with Crippen LogP contribution in [0.2, 0.25) is 0 Å². The largest absolute Gasteiger partial charge is 0.394 e. The van der Waals surface area contributed by atoms with Gasteiger partial charge in [0.2, 0.25) is 10.0 Å². The molecular formula is C13H20N2O6S. The standard InChI is InChI=1S/C13H20N2O6S/c1-10-8-12(15(17)18)9-11(2)13(10)22(19,20)14-4-3-6-21-7-5-16/h8-9,14,16H,3-7H2,1-2H3. The summed E-state index contributed by atoms with van der Waals surface area (Å²) in [5.74, 6) is 0. The molecule has 2 N–H and O–H groups in total. The number of aliphatic hydroxyl groups is 1. The molecule has 0 spiro atoms. The quantitative estimate of drug-likeness (QED) is 0.394. The van der Waals surface area contributed by atoms with Crippen LogP contribution in [0.15, 0.2) is 17.0 Å². The monoisotopic (exact) mass is 332 g/mol. The molecule has 0 aliphatic heterocycles. The van der Waals surface area contributed by atoms with Gasteiger partial charge in [0.1, 0.15) is 0 Å². The fourth-order valence-electron chi connectivity index (χ4n) is 2.08. The third-order valence-corrected chi connectivity index (χ3v) is 4.68. The number of hydrogen-bond donors (Lipinski definition) is 2.